The first-order valence-electron chi connectivity index (χ1n) is 8.05. The van der Waals surface area contributed by atoms with Crippen molar-refractivity contribution in [3.63, 3.8) is 0 Å². The van der Waals surface area contributed by atoms with Crippen LogP contribution >= 0.6 is 0 Å². The molecule has 120 valence electrons. The first kappa shape index (κ1) is 15.3. The normalized spacial score (nSPS) is 19.1. The van der Waals surface area contributed by atoms with Gasteiger partial charge in [-0.15, -0.1) is 0 Å². The van der Waals surface area contributed by atoms with E-state index >= 15 is 0 Å². The summed E-state index contributed by atoms with van der Waals surface area (Å²) in [6.07, 6.45) is 4.92. The molecule has 0 radical (unpaired) electrons. The SMILES string of the molecule is CN1CCC(CCCOc2cc(F)c3c(c2)CC(=O)N3)CC1. The summed E-state index contributed by atoms with van der Waals surface area (Å²) in [6, 6.07) is 3.13. The van der Waals surface area contributed by atoms with E-state index in [9.17, 15) is 9.18 Å². The van der Waals surface area contributed by atoms with E-state index in [1.165, 1.54) is 38.4 Å². The number of hydrogen-bond donors (Lipinski definition) is 1. The summed E-state index contributed by atoms with van der Waals surface area (Å²) in [7, 11) is 2.17. The van der Waals surface area contributed by atoms with Crippen molar-refractivity contribution in [2.75, 3.05) is 32.1 Å². The summed E-state index contributed by atoms with van der Waals surface area (Å²) in [4.78, 5) is 13.7. The minimum atomic E-state index is -0.409. The van der Waals surface area contributed by atoms with E-state index in [1.807, 2.05) is 0 Å². The van der Waals surface area contributed by atoms with Gasteiger partial charge in [0.25, 0.3) is 0 Å². The lowest BCUT2D eigenvalue weighted by Crippen LogP contribution is -2.30. The van der Waals surface area contributed by atoms with E-state index in [2.05, 4.69) is 17.3 Å². The van der Waals surface area contributed by atoms with Gasteiger partial charge in [-0.05, 0) is 63.4 Å². The summed E-state index contributed by atoms with van der Waals surface area (Å²) in [5, 5.41) is 2.53. The molecule has 0 atom stereocenters. The molecular weight excluding hydrogens is 283 g/mol. The molecule has 2 aliphatic heterocycles. The number of likely N-dealkylation sites (tertiary alicyclic amines) is 1. The molecule has 5 heteroatoms. The average molecular weight is 306 g/mol. The van der Waals surface area contributed by atoms with Gasteiger partial charge in [0.2, 0.25) is 5.91 Å². The van der Waals surface area contributed by atoms with E-state index < -0.39 is 5.82 Å². The molecule has 1 aromatic rings. The lowest BCUT2D eigenvalue weighted by molar-refractivity contribution is -0.115. The molecule has 2 aliphatic rings. The number of carbonyl (C=O) groups is 1. The molecule has 1 N–H and O–H groups in total. The number of benzene rings is 1. The Labute approximate surface area is 130 Å². The van der Waals surface area contributed by atoms with Gasteiger partial charge in [-0.3, -0.25) is 4.79 Å². The Morgan fingerprint density at radius 3 is 2.91 bits per heavy atom. The first-order valence-corrected chi connectivity index (χ1v) is 8.05. The highest BCUT2D eigenvalue weighted by Gasteiger charge is 2.22. The third kappa shape index (κ3) is 3.58. The van der Waals surface area contributed by atoms with Crippen LogP contribution in [0.5, 0.6) is 5.75 Å². The van der Waals surface area contributed by atoms with Gasteiger partial charge in [0.05, 0.1) is 18.7 Å². The number of halogens is 1. The number of fused-ring (bicyclic) bond motifs is 1. The summed E-state index contributed by atoms with van der Waals surface area (Å²) >= 11 is 0. The number of ether oxygens (including phenoxy) is 1. The third-order valence-electron chi connectivity index (χ3n) is 4.62. The highest BCUT2D eigenvalue weighted by molar-refractivity contribution is 5.99. The molecule has 4 nitrogen and oxygen atoms in total. The predicted octanol–water partition coefficient (Wildman–Crippen LogP) is 2.82. The zero-order valence-corrected chi connectivity index (χ0v) is 13.0. The molecule has 0 unspecified atom stereocenters. The molecule has 0 saturated carbocycles. The number of piperidine rings is 1. The molecule has 1 saturated heterocycles. The van der Waals surface area contributed by atoms with E-state index in [0.29, 0.717) is 23.6 Å². The predicted molar refractivity (Wildman–Crippen MR) is 83.7 cm³/mol. The third-order valence-corrected chi connectivity index (χ3v) is 4.62. The van der Waals surface area contributed by atoms with Crippen molar-refractivity contribution in [2.45, 2.75) is 32.1 Å². The van der Waals surface area contributed by atoms with Crippen LogP contribution in [0.15, 0.2) is 12.1 Å². The number of hydrogen-bond acceptors (Lipinski definition) is 3. The lowest BCUT2D eigenvalue weighted by atomic mass is 9.93. The quantitative estimate of drug-likeness (QED) is 0.851. The number of amides is 1. The van der Waals surface area contributed by atoms with Crippen LogP contribution in [0.4, 0.5) is 10.1 Å². The van der Waals surface area contributed by atoms with Crippen molar-refractivity contribution >= 4 is 11.6 Å². The number of nitrogens with one attached hydrogen (secondary N) is 1. The molecular formula is C17H23FN2O2. The Kier molecular flexibility index (Phi) is 4.62. The van der Waals surface area contributed by atoms with E-state index in [-0.39, 0.29) is 12.3 Å². The molecule has 0 aliphatic carbocycles. The minimum Gasteiger partial charge on any atom is -0.493 e. The first-order chi connectivity index (χ1) is 10.6. The maximum atomic E-state index is 13.9. The van der Waals surface area contributed by atoms with Gasteiger partial charge < -0.3 is 15.0 Å². The fourth-order valence-electron chi connectivity index (χ4n) is 3.27. The van der Waals surface area contributed by atoms with Gasteiger partial charge in [-0.1, -0.05) is 0 Å². The molecule has 2 heterocycles. The van der Waals surface area contributed by atoms with Crippen LogP contribution in [0.3, 0.4) is 0 Å². The standard InChI is InChI=1S/C17H23FN2O2/c1-20-6-4-12(5-7-20)3-2-8-22-14-9-13-10-16(21)19-17(13)15(18)11-14/h9,11-12H,2-8,10H2,1H3,(H,19,21). The second-order valence-corrected chi connectivity index (χ2v) is 6.40. The van der Waals surface area contributed by atoms with Crippen LogP contribution in [-0.4, -0.2) is 37.6 Å². The van der Waals surface area contributed by atoms with Crippen molar-refractivity contribution < 1.29 is 13.9 Å². The Morgan fingerprint density at radius 2 is 2.14 bits per heavy atom. The van der Waals surface area contributed by atoms with Gasteiger partial charge in [-0.2, -0.15) is 0 Å². The number of anilines is 1. The van der Waals surface area contributed by atoms with E-state index in [1.54, 1.807) is 6.07 Å². The van der Waals surface area contributed by atoms with Gasteiger partial charge in [0.1, 0.15) is 5.75 Å². The van der Waals surface area contributed by atoms with Gasteiger partial charge in [-0.25, -0.2) is 4.39 Å². The molecule has 1 amide bonds. The van der Waals surface area contributed by atoms with E-state index in [0.717, 1.165) is 12.3 Å². The van der Waals surface area contributed by atoms with Crippen LogP contribution in [0.1, 0.15) is 31.2 Å². The topological polar surface area (TPSA) is 41.6 Å². The Balaban J connectivity index is 1.45. The summed E-state index contributed by atoms with van der Waals surface area (Å²) in [6.45, 7) is 2.97. The average Bonchev–Trinajstić information content (AvgIpc) is 2.86. The van der Waals surface area contributed by atoms with Crippen molar-refractivity contribution in [2.24, 2.45) is 5.92 Å². The fraction of sp³-hybridized carbons (Fsp3) is 0.588. The molecule has 1 fully saturated rings. The summed E-state index contributed by atoms with van der Waals surface area (Å²) in [5.41, 5.74) is 0.999. The minimum absolute atomic E-state index is 0.159. The van der Waals surface area contributed by atoms with E-state index in [4.69, 9.17) is 4.74 Å². The van der Waals surface area contributed by atoms with Crippen LogP contribution in [0, 0.1) is 11.7 Å². The fourth-order valence-corrected chi connectivity index (χ4v) is 3.27. The number of carbonyl (C=O) groups excluding carboxylic acids is 1. The van der Waals surface area contributed by atoms with Crippen molar-refractivity contribution in [3.8, 4) is 5.75 Å². The van der Waals surface area contributed by atoms with Crippen LogP contribution < -0.4 is 10.1 Å². The second-order valence-electron chi connectivity index (χ2n) is 6.40. The Morgan fingerprint density at radius 1 is 1.36 bits per heavy atom. The maximum absolute atomic E-state index is 13.9. The molecule has 1 aromatic carbocycles. The zero-order valence-electron chi connectivity index (χ0n) is 13.0. The molecule has 3 rings (SSSR count). The molecule has 0 spiro atoms. The number of nitrogens with zero attached hydrogens (tertiary/aromatic N) is 1. The monoisotopic (exact) mass is 306 g/mol. The summed E-state index contributed by atoms with van der Waals surface area (Å²) in [5.74, 6) is 0.747. The molecule has 22 heavy (non-hydrogen) atoms. The van der Waals surface area contributed by atoms with Crippen LogP contribution in [-0.2, 0) is 11.2 Å². The van der Waals surface area contributed by atoms with Gasteiger partial charge >= 0.3 is 0 Å². The molecule has 0 bridgehead atoms. The largest absolute Gasteiger partial charge is 0.493 e. The van der Waals surface area contributed by atoms with Crippen molar-refractivity contribution in [1.29, 1.82) is 0 Å². The highest BCUT2D eigenvalue weighted by atomic mass is 19.1. The Hall–Kier alpha value is -1.62. The summed E-state index contributed by atoms with van der Waals surface area (Å²) < 4.78 is 19.5. The van der Waals surface area contributed by atoms with Crippen LogP contribution in [0.25, 0.3) is 0 Å². The van der Waals surface area contributed by atoms with Crippen LogP contribution in [0.2, 0.25) is 0 Å². The second kappa shape index (κ2) is 6.65. The smallest absolute Gasteiger partial charge is 0.228 e. The van der Waals surface area contributed by atoms with Crippen molar-refractivity contribution in [3.05, 3.63) is 23.5 Å². The highest BCUT2D eigenvalue weighted by Crippen LogP contribution is 2.31. The Bertz CT molecular complexity index is 554. The van der Waals surface area contributed by atoms with Gasteiger partial charge in [0, 0.05) is 6.07 Å². The lowest BCUT2D eigenvalue weighted by Gasteiger charge is -2.28. The maximum Gasteiger partial charge on any atom is 0.228 e. The zero-order chi connectivity index (χ0) is 15.5. The van der Waals surface area contributed by atoms with Gasteiger partial charge in [0.15, 0.2) is 5.82 Å². The molecule has 0 aromatic heterocycles. The van der Waals surface area contributed by atoms with Crippen molar-refractivity contribution in [1.82, 2.24) is 4.90 Å². The number of rotatable bonds is 5.